The summed E-state index contributed by atoms with van der Waals surface area (Å²) in [4.78, 5) is 12.3. The van der Waals surface area contributed by atoms with Crippen molar-refractivity contribution in [1.29, 1.82) is 0 Å². The van der Waals surface area contributed by atoms with E-state index < -0.39 is 0 Å². The van der Waals surface area contributed by atoms with Crippen molar-refractivity contribution < 1.29 is 14.1 Å². The van der Waals surface area contributed by atoms with Gasteiger partial charge >= 0.3 is 0 Å². The van der Waals surface area contributed by atoms with Crippen LogP contribution >= 0.6 is 11.6 Å². The summed E-state index contributed by atoms with van der Waals surface area (Å²) in [5.41, 5.74) is 4.27. The van der Waals surface area contributed by atoms with Crippen LogP contribution in [0.15, 0.2) is 47.0 Å². The predicted octanol–water partition coefficient (Wildman–Crippen LogP) is 5.01. The second-order valence-electron chi connectivity index (χ2n) is 6.37. The summed E-state index contributed by atoms with van der Waals surface area (Å²) >= 11 is 6.09. The van der Waals surface area contributed by atoms with Crippen LogP contribution in [0.3, 0.4) is 0 Å². The van der Waals surface area contributed by atoms with Crippen LogP contribution in [-0.4, -0.2) is 11.1 Å². The van der Waals surface area contributed by atoms with Crippen LogP contribution in [0.5, 0.6) is 5.75 Å². The van der Waals surface area contributed by atoms with Gasteiger partial charge in [-0.3, -0.25) is 4.79 Å². The molecule has 3 rings (SSSR count). The van der Waals surface area contributed by atoms with E-state index in [-0.39, 0.29) is 12.3 Å². The fourth-order valence-electron chi connectivity index (χ4n) is 2.69. The Balaban J connectivity index is 1.57. The van der Waals surface area contributed by atoms with E-state index in [1.807, 2.05) is 57.2 Å². The molecular weight excluding hydrogens is 364 g/mol. The highest BCUT2D eigenvalue weighted by Gasteiger charge is 2.10. The summed E-state index contributed by atoms with van der Waals surface area (Å²) in [6, 6.07) is 12.9. The van der Waals surface area contributed by atoms with E-state index in [2.05, 4.69) is 10.5 Å². The molecule has 0 aliphatic rings. The zero-order valence-corrected chi connectivity index (χ0v) is 16.3. The molecule has 1 N–H and O–H groups in total. The molecule has 0 saturated heterocycles. The molecule has 0 atom stereocenters. The number of amides is 1. The number of aryl methyl sites for hydroxylation is 2. The Bertz CT molecular complexity index is 929. The van der Waals surface area contributed by atoms with Crippen LogP contribution in [0.2, 0.25) is 5.02 Å². The first-order valence-corrected chi connectivity index (χ1v) is 9.00. The number of hydrogen-bond donors (Lipinski definition) is 1. The Morgan fingerprint density at radius 1 is 1.15 bits per heavy atom. The van der Waals surface area contributed by atoms with E-state index in [9.17, 15) is 4.79 Å². The topological polar surface area (TPSA) is 64.4 Å². The second kappa shape index (κ2) is 8.27. The van der Waals surface area contributed by atoms with Crippen molar-refractivity contribution in [2.24, 2.45) is 0 Å². The number of carbonyl (C=O) groups is 1. The highest BCUT2D eigenvalue weighted by Crippen LogP contribution is 2.23. The summed E-state index contributed by atoms with van der Waals surface area (Å²) in [6.45, 7) is 6.03. The van der Waals surface area contributed by atoms with Crippen molar-refractivity contribution >= 4 is 23.2 Å². The monoisotopic (exact) mass is 384 g/mol. The molecule has 2 aromatic carbocycles. The Hall–Kier alpha value is -2.79. The molecule has 0 bridgehead atoms. The van der Waals surface area contributed by atoms with Gasteiger partial charge in [-0.25, -0.2) is 0 Å². The first-order chi connectivity index (χ1) is 12.9. The van der Waals surface area contributed by atoms with Crippen molar-refractivity contribution in [1.82, 2.24) is 5.16 Å². The number of halogens is 1. The van der Waals surface area contributed by atoms with Crippen molar-refractivity contribution in [3.05, 3.63) is 75.6 Å². The quantitative estimate of drug-likeness (QED) is 0.648. The molecule has 1 amide bonds. The Kier molecular flexibility index (Phi) is 5.81. The maximum absolute atomic E-state index is 12.3. The van der Waals surface area contributed by atoms with Crippen molar-refractivity contribution in [3.63, 3.8) is 0 Å². The lowest BCUT2D eigenvalue weighted by Gasteiger charge is -2.10. The summed E-state index contributed by atoms with van der Waals surface area (Å²) in [5, 5.41) is 7.44. The van der Waals surface area contributed by atoms with Gasteiger partial charge in [0.1, 0.15) is 18.1 Å². The molecule has 0 saturated carbocycles. The summed E-state index contributed by atoms with van der Waals surface area (Å²) in [6.07, 6.45) is 0.274. The number of anilines is 1. The average Bonchev–Trinajstić information content (AvgIpc) is 2.96. The van der Waals surface area contributed by atoms with Crippen LogP contribution in [0, 0.1) is 20.8 Å². The number of hydrogen-bond acceptors (Lipinski definition) is 4. The smallest absolute Gasteiger partial charge is 0.228 e. The van der Waals surface area contributed by atoms with Gasteiger partial charge in [0.15, 0.2) is 0 Å². The Morgan fingerprint density at radius 2 is 1.89 bits per heavy atom. The fraction of sp³-hybridized carbons (Fsp3) is 0.238. The normalized spacial score (nSPS) is 10.7. The molecule has 0 aliphatic heterocycles. The van der Waals surface area contributed by atoms with Crippen LogP contribution in [0.25, 0.3) is 0 Å². The molecular formula is C21H21ClN2O3. The molecule has 27 heavy (non-hydrogen) atoms. The average molecular weight is 385 g/mol. The standard InChI is InChI=1S/C21H21ClN2O3/c1-13-19(22)5-4-6-20(13)23-21(25)11-16-7-9-17(10-8-16)26-12-18-14(2)24-27-15(18)3/h4-10H,11-12H2,1-3H3,(H,23,25). The molecule has 0 unspecified atom stereocenters. The molecule has 0 aliphatic carbocycles. The van der Waals surface area contributed by atoms with Crippen molar-refractivity contribution in [3.8, 4) is 5.75 Å². The van der Waals surface area contributed by atoms with Gasteiger partial charge in [0.2, 0.25) is 5.91 Å². The van der Waals surface area contributed by atoms with Gasteiger partial charge in [-0.15, -0.1) is 0 Å². The minimum atomic E-state index is -0.0928. The van der Waals surface area contributed by atoms with Gasteiger partial charge < -0.3 is 14.6 Å². The van der Waals surface area contributed by atoms with E-state index in [0.717, 1.165) is 39.6 Å². The lowest BCUT2D eigenvalue weighted by atomic mass is 10.1. The molecule has 1 aromatic heterocycles. The van der Waals surface area contributed by atoms with E-state index >= 15 is 0 Å². The number of nitrogens with zero attached hydrogens (tertiary/aromatic N) is 1. The summed E-state index contributed by atoms with van der Waals surface area (Å²) < 4.78 is 10.9. The van der Waals surface area contributed by atoms with Gasteiger partial charge in [-0.2, -0.15) is 0 Å². The summed E-state index contributed by atoms with van der Waals surface area (Å²) in [7, 11) is 0. The van der Waals surface area contributed by atoms with Crippen LogP contribution in [-0.2, 0) is 17.8 Å². The number of carbonyl (C=O) groups excluding carboxylic acids is 1. The minimum Gasteiger partial charge on any atom is -0.489 e. The third-order valence-electron chi connectivity index (χ3n) is 4.39. The second-order valence-corrected chi connectivity index (χ2v) is 6.78. The zero-order valence-electron chi connectivity index (χ0n) is 15.5. The Morgan fingerprint density at radius 3 is 2.56 bits per heavy atom. The molecule has 0 radical (unpaired) electrons. The van der Waals surface area contributed by atoms with E-state index in [4.69, 9.17) is 20.9 Å². The highest BCUT2D eigenvalue weighted by molar-refractivity contribution is 6.31. The van der Waals surface area contributed by atoms with Crippen molar-refractivity contribution in [2.75, 3.05) is 5.32 Å². The SMILES string of the molecule is Cc1noc(C)c1COc1ccc(CC(=O)Nc2cccc(Cl)c2C)cc1. The van der Waals surface area contributed by atoms with E-state index in [0.29, 0.717) is 11.6 Å². The van der Waals surface area contributed by atoms with Crippen LogP contribution in [0.1, 0.15) is 28.1 Å². The van der Waals surface area contributed by atoms with Crippen LogP contribution < -0.4 is 10.1 Å². The molecule has 5 nitrogen and oxygen atoms in total. The van der Waals surface area contributed by atoms with Gasteiger partial charge in [0, 0.05) is 10.7 Å². The van der Waals surface area contributed by atoms with Crippen LogP contribution in [0.4, 0.5) is 5.69 Å². The first kappa shape index (κ1) is 19.0. The third kappa shape index (κ3) is 4.68. The first-order valence-electron chi connectivity index (χ1n) is 8.62. The van der Waals surface area contributed by atoms with Gasteiger partial charge in [-0.1, -0.05) is 35.0 Å². The number of ether oxygens (including phenoxy) is 1. The minimum absolute atomic E-state index is 0.0928. The Labute approximate surface area is 163 Å². The molecule has 6 heteroatoms. The van der Waals surface area contributed by atoms with E-state index in [1.54, 1.807) is 6.07 Å². The number of benzene rings is 2. The third-order valence-corrected chi connectivity index (χ3v) is 4.80. The number of aromatic nitrogens is 1. The largest absolute Gasteiger partial charge is 0.489 e. The molecule has 0 fully saturated rings. The summed E-state index contributed by atoms with van der Waals surface area (Å²) in [5.74, 6) is 1.40. The predicted molar refractivity (Wildman–Crippen MR) is 105 cm³/mol. The van der Waals surface area contributed by atoms with E-state index in [1.165, 1.54) is 0 Å². The van der Waals surface area contributed by atoms with Crippen molar-refractivity contribution in [2.45, 2.75) is 33.8 Å². The number of rotatable bonds is 6. The van der Waals surface area contributed by atoms with Gasteiger partial charge in [0.25, 0.3) is 0 Å². The maximum atomic E-state index is 12.3. The highest BCUT2D eigenvalue weighted by atomic mass is 35.5. The fourth-order valence-corrected chi connectivity index (χ4v) is 2.86. The number of nitrogens with one attached hydrogen (secondary N) is 1. The van der Waals surface area contributed by atoms with Gasteiger partial charge in [0.05, 0.1) is 17.7 Å². The molecule has 1 heterocycles. The molecule has 140 valence electrons. The van der Waals surface area contributed by atoms with Gasteiger partial charge in [-0.05, 0) is 56.2 Å². The molecule has 0 spiro atoms. The zero-order chi connectivity index (χ0) is 19.4. The lowest BCUT2D eigenvalue weighted by molar-refractivity contribution is -0.115. The lowest BCUT2D eigenvalue weighted by Crippen LogP contribution is -2.15. The molecule has 3 aromatic rings. The maximum Gasteiger partial charge on any atom is 0.228 e.